The Morgan fingerprint density at radius 2 is 1.97 bits per heavy atom. The minimum atomic E-state index is -0.908. The number of para-hydroxylation sites is 1. The Morgan fingerprint density at radius 1 is 1.23 bits per heavy atom. The number of hydrogen-bond acceptors (Lipinski definition) is 5. The van der Waals surface area contributed by atoms with Crippen LogP contribution in [0.1, 0.15) is 11.1 Å². The summed E-state index contributed by atoms with van der Waals surface area (Å²) in [5.41, 5.74) is 0.961. The number of aryl methyl sites for hydroxylation is 1. The number of esters is 1. The molecule has 30 heavy (non-hydrogen) atoms. The van der Waals surface area contributed by atoms with Gasteiger partial charge in [-0.2, -0.15) is 0 Å². The molecule has 9 nitrogen and oxygen atoms in total. The van der Waals surface area contributed by atoms with Crippen LogP contribution < -0.4 is 16.6 Å². The first kappa shape index (κ1) is 20.8. The van der Waals surface area contributed by atoms with Crippen molar-refractivity contribution < 1.29 is 14.3 Å². The molecule has 0 aliphatic carbocycles. The Hall–Kier alpha value is -3.88. The van der Waals surface area contributed by atoms with E-state index in [4.69, 9.17) is 4.74 Å². The molecule has 0 aliphatic rings. The molecule has 0 saturated carbocycles. The maximum Gasteiger partial charge on any atom is 0.330 e. The smallest absolute Gasteiger partial charge is 0.330 e. The predicted molar refractivity (Wildman–Crippen MR) is 112 cm³/mol. The van der Waals surface area contributed by atoms with Gasteiger partial charge < -0.3 is 19.6 Å². The SMILES string of the molecule is COC(=O)[C@@H](Cc1c[nH]c2ccccc12)NC(=O)/C=C/c1cn(C)c(=O)n(C)c1=O. The maximum atomic E-state index is 12.4. The predicted octanol–water partition coefficient (Wildman–Crippen LogP) is 0.479. The zero-order chi connectivity index (χ0) is 21.8. The quantitative estimate of drug-likeness (QED) is 0.453. The summed E-state index contributed by atoms with van der Waals surface area (Å²) < 4.78 is 7.01. The molecule has 2 N–H and O–H groups in total. The minimum absolute atomic E-state index is 0.168. The molecule has 1 aromatic carbocycles. The van der Waals surface area contributed by atoms with Gasteiger partial charge in [-0.25, -0.2) is 9.59 Å². The third-order valence-corrected chi connectivity index (χ3v) is 4.79. The summed E-state index contributed by atoms with van der Waals surface area (Å²) in [5.74, 6) is -1.15. The average molecular weight is 410 g/mol. The van der Waals surface area contributed by atoms with Crippen molar-refractivity contribution in [3.63, 3.8) is 0 Å². The minimum Gasteiger partial charge on any atom is -0.467 e. The van der Waals surface area contributed by atoms with Gasteiger partial charge in [-0.15, -0.1) is 0 Å². The highest BCUT2D eigenvalue weighted by Crippen LogP contribution is 2.19. The molecule has 0 fully saturated rings. The van der Waals surface area contributed by atoms with Gasteiger partial charge in [0.1, 0.15) is 6.04 Å². The van der Waals surface area contributed by atoms with Gasteiger partial charge in [0, 0.05) is 49.9 Å². The first-order valence-electron chi connectivity index (χ1n) is 9.20. The summed E-state index contributed by atoms with van der Waals surface area (Å²) in [6.45, 7) is 0. The van der Waals surface area contributed by atoms with Crippen LogP contribution in [0.4, 0.5) is 0 Å². The van der Waals surface area contributed by atoms with Crippen molar-refractivity contribution in [2.45, 2.75) is 12.5 Å². The van der Waals surface area contributed by atoms with Crippen LogP contribution in [-0.2, 0) is 34.8 Å². The normalized spacial score (nSPS) is 12.2. The first-order chi connectivity index (χ1) is 14.3. The third-order valence-electron chi connectivity index (χ3n) is 4.79. The fourth-order valence-corrected chi connectivity index (χ4v) is 3.19. The van der Waals surface area contributed by atoms with E-state index in [9.17, 15) is 19.2 Å². The van der Waals surface area contributed by atoms with Gasteiger partial charge in [0.2, 0.25) is 5.91 Å². The summed E-state index contributed by atoms with van der Waals surface area (Å²) >= 11 is 0. The number of ether oxygens (including phenoxy) is 1. The van der Waals surface area contributed by atoms with Crippen LogP contribution in [0.2, 0.25) is 0 Å². The summed E-state index contributed by atoms with van der Waals surface area (Å²) in [6.07, 6.45) is 5.82. The standard InChI is InChI=1S/C21H22N4O5/c1-24-12-13(19(27)25(2)21(24)29)8-9-18(26)23-17(20(28)30-3)10-14-11-22-16-7-5-4-6-15(14)16/h4-9,11-12,17,22H,10H2,1-3H3,(H,23,26)/b9-8+/t17-/m1/s1. The molecule has 1 amide bonds. The zero-order valence-corrected chi connectivity index (χ0v) is 16.8. The molecule has 156 valence electrons. The van der Waals surface area contributed by atoms with Crippen LogP contribution in [0.15, 0.2) is 52.3 Å². The van der Waals surface area contributed by atoms with Gasteiger partial charge in [-0.1, -0.05) is 18.2 Å². The maximum absolute atomic E-state index is 12.4. The summed E-state index contributed by atoms with van der Waals surface area (Å²) in [4.78, 5) is 51.6. The lowest BCUT2D eigenvalue weighted by Crippen LogP contribution is -2.42. The van der Waals surface area contributed by atoms with E-state index in [1.165, 1.54) is 38.0 Å². The van der Waals surface area contributed by atoms with Crippen molar-refractivity contribution in [2.24, 2.45) is 14.1 Å². The van der Waals surface area contributed by atoms with E-state index in [0.717, 1.165) is 27.1 Å². The number of aromatic nitrogens is 3. The summed E-state index contributed by atoms with van der Waals surface area (Å²) in [7, 11) is 4.12. The first-order valence-corrected chi connectivity index (χ1v) is 9.20. The van der Waals surface area contributed by atoms with Crippen LogP contribution >= 0.6 is 0 Å². The van der Waals surface area contributed by atoms with Gasteiger partial charge in [0.25, 0.3) is 5.56 Å². The molecule has 0 aliphatic heterocycles. The Kier molecular flexibility index (Phi) is 6.01. The van der Waals surface area contributed by atoms with Gasteiger partial charge in [-0.05, 0) is 17.7 Å². The van der Waals surface area contributed by atoms with Crippen molar-refractivity contribution in [1.82, 2.24) is 19.4 Å². The summed E-state index contributed by atoms with van der Waals surface area (Å²) in [5, 5.41) is 3.56. The monoisotopic (exact) mass is 410 g/mol. The lowest BCUT2D eigenvalue weighted by Gasteiger charge is -2.15. The van der Waals surface area contributed by atoms with Crippen LogP contribution in [-0.4, -0.2) is 39.1 Å². The Morgan fingerprint density at radius 3 is 2.70 bits per heavy atom. The molecule has 3 aromatic rings. The molecule has 0 spiro atoms. The van der Waals surface area contributed by atoms with E-state index < -0.39 is 29.2 Å². The highest BCUT2D eigenvalue weighted by molar-refractivity contribution is 5.95. The molecular weight excluding hydrogens is 388 g/mol. The van der Waals surface area contributed by atoms with Gasteiger partial charge in [0.15, 0.2) is 0 Å². The van der Waals surface area contributed by atoms with Gasteiger partial charge in [0.05, 0.1) is 12.7 Å². The number of aromatic amines is 1. The number of carbonyl (C=O) groups is 2. The molecule has 2 heterocycles. The molecular formula is C21H22N4O5. The number of carbonyl (C=O) groups excluding carboxylic acids is 2. The van der Waals surface area contributed by atoms with Crippen LogP contribution in [0, 0.1) is 0 Å². The van der Waals surface area contributed by atoms with Gasteiger partial charge in [-0.3, -0.25) is 14.2 Å². The van der Waals surface area contributed by atoms with Crippen molar-refractivity contribution in [1.29, 1.82) is 0 Å². The second-order valence-electron chi connectivity index (χ2n) is 6.82. The molecule has 1 atom stereocenters. The lowest BCUT2D eigenvalue weighted by atomic mass is 10.0. The van der Waals surface area contributed by atoms with Gasteiger partial charge >= 0.3 is 11.7 Å². The Labute approximate surface area is 171 Å². The van der Waals surface area contributed by atoms with E-state index in [-0.39, 0.29) is 12.0 Å². The van der Waals surface area contributed by atoms with E-state index in [0.29, 0.717) is 0 Å². The van der Waals surface area contributed by atoms with E-state index in [1.54, 1.807) is 6.20 Å². The number of hydrogen-bond donors (Lipinski definition) is 2. The fraction of sp³-hybridized carbons (Fsp3) is 0.238. The number of H-pyrrole nitrogens is 1. The molecule has 9 heteroatoms. The molecule has 3 rings (SSSR count). The fourth-order valence-electron chi connectivity index (χ4n) is 3.19. The van der Waals surface area contributed by atoms with E-state index >= 15 is 0 Å². The highest BCUT2D eigenvalue weighted by Gasteiger charge is 2.22. The summed E-state index contributed by atoms with van der Waals surface area (Å²) in [6, 6.07) is 6.72. The van der Waals surface area contributed by atoms with Crippen molar-refractivity contribution in [3.05, 3.63) is 74.7 Å². The molecule has 0 bridgehead atoms. The second kappa shape index (κ2) is 8.64. The largest absolute Gasteiger partial charge is 0.467 e. The van der Waals surface area contributed by atoms with Crippen molar-refractivity contribution in [2.75, 3.05) is 7.11 Å². The van der Waals surface area contributed by atoms with E-state index in [2.05, 4.69) is 10.3 Å². The number of rotatable bonds is 6. The van der Waals surface area contributed by atoms with Crippen molar-refractivity contribution >= 4 is 28.9 Å². The Balaban J connectivity index is 1.79. The Bertz CT molecular complexity index is 1250. The number of amides is 1. The molecule has 0 saturated heterocycles. The second-order valence-corrected chi connectivity index (χ2v) is 6.82. The third kappa shape index (κ3) is 4.24. The number of fused-ring (bicyclic) bond motifs is 1. The van der Waals surface area contributed by atoms with Crippen LogP contribution in [0.25, 0.3) is 17.0 Å². The number of nitrogens with zero attached hydrogens (tertiary/aromatic N) is 2. The van der Waals surface area contributed by atoms with Crippen LogP contribution in [0.3, 0.4) is 0 Å². The molecule has 0 radical (unpaired) electrons. The topological polar surface area (TPSA) is 115 Å². The lowest BCUT2D eigenvalue weighted by molar-refractivity contribution is -0.144. The number of benzene rings is 1. The molecule has 2 aromatic heterocycles. The highest BCUT2D eigenvalue weighted by atomic mass is 16.5. The number of nitrogens with one attached hydrogen (secondary N) is 2. The average Bonchev–Trinajstić information content (AvgIpc) is 3.15. The van der Waals surface area contributed by atoms with E-state index in [1.807, 2.05) is 24.3 Å². The molecule has 0 unspecified atom stereocenters. The van der Waals surface area contributed by atoms with Crippen LogP contribution in [0.5, 0.6) is 0 Å². The zero-order valence-electron chi connectivity index (χ0n) is 16.8. The number of methoxy groups -OCH3 is 1. The van der Waals surface area contributed by atoms with Crippen molar-refractivity contribution in [3.8, 4) is 0 Å².